The summed E-state index contributed by atoms with van der Waals surface area (Å²) in [5.41, 5.74) is -2.45. The summed E-state index contributed by atoms with van der Waals surface area (Å²) in [5, 5.41) is 8.47. The second-order valence-corrected chi connectivity index (χ2v) is 9.54. The molecule has 38 heavy (non-hydrogen) atoms. The fourth-order valence-electron chi connectivity index (χ4n) is 4.39. The SMILES string of the molecule is CN(Cc1ccccc1Cl)C(=O)c1nnn(Cc2cc(C(F)(F)F)cc(C(F)(F)F)c2)c1N1CCCCC1. The fourth-order valence-corrected chi connectivity index (χ4v) is 4.59. The van der Waals surface area contributed by atoms with Crippen LogP contribution in [0, 0.1) is 0 Å². The minimum Gasteiger partial charge on any atom is -0.355 e. The third-order valence-corrected chi connectivity index (χ3v) is 6.63. The van der Waals surface area contributed by atoms with Crippen molar-refractivity contribution in [3.8, 4) is 0 Å². The molecular formula is C25H24ClF6N5O. The number of hydrogen-bond donors (Lipinski definition) is 0. The first kappa shape index (κ1) is 27.7. The van der Waals surface area contributed by atoms with Crippen molar-refractivity contribution in [2.24, 2.45) is 0 Å². The summed E-state index contributed by atoms with van der Waals surface area (Å²) in [4.78, 5) is 16.6. The standard InChI is InChI=1S/C25H24ClF6N5O/c1-35(15-17-7-3-4-8-20(17)26)23(38)21-22(36-9-5-2-6-10-36)37(34-33-21)14-16-11-18(24(27,28)29)13-19(12-16)25(30,31)32/h3-4,7-8,11-13H,2,5-6,9-10,14-15H2,1H3. The van der Waals surface area contributed by atoms with Gasteiger partial charge >= 0.3 is 12.4 Å². The molecular weight excluding hydrogens is 536 g/mol. The Kier molecular flexibility index (Phi) is 7.91. The molecule has 204 valence electrons. The van der Waals surface area contributed by atoms with E-state index in [0.29, 0.717) is 35.8 Å². The minimum atomic E-state index is -4.98. The van der Waals surface area contributed by atoms with E-state index in [4.69, 9.17) is 11.6 Å². The second-order valence-electron chi connectivity index (χ2n) is 9.13. The van der Waals surface area contributed by atoms with Crippen molar-refractivity contribution in [2.45, 2.75) is 44.7 Å². The van der Waals surface area contributed by atoms with Crippen molar-refractivity contribution in [1.82, 2.24) is 19.9 Å². The predicted octanol–water partition coefficient (Wildman–Crippen LogP) is 6.28. The van der Waals surface area contributed by atoms with Crippen LogP contribution in [0.2, 0.25) is 5.02 Å². The van der Waals surface area contributed by atoms with Crippen LogP contribution in [0.3, 0.4) is 0 Å². The summed E-state index contributed by atoms with van der Waals surface area (Å²) in [6, 6.07) is 8.37. The van der Waals surface area contributed by atoms with E-state index in [1.807, 2.05) is 4.90 Å². The molecule has 1 saturated heterocycles. The van der Waals surface area contributed by atoms with Gasteiger partial charge in [0.1, 0.15) is 0 Å². The van der Waals surface area contributed by atoms with E-state index in [9.17, 15) is 31.1 Å². The Balaban J connectivity index is 1.71. The van der Waals surface area contributed by atoms with E-state index in [-0.39, 0.29) is 29.7 Å². The number of hydrogen-bond acceptors (Lipinski definition) is 4. The van der Waals surface area contributed by atoms with Crippen LogP contribution < -0.4 is 4.90 Å². The molecule has 0 N–H and O–H groups in total. The molecule has 0 saturated carbocycles. The molecule has 1 amide bonds. The summed E-state index contributed by atoms with van der Waals surface area (Å²) in [6.07, 6.45) is -7.39. The zero-order valence-corrected chi connectivity index (χ0v) is 21.0. The first-order valence-corrected chi connectivity index (χ1v) is 12.2. The number of aromatic nitrogens is 3. The number of carbonyl (C=O) groups is 1. The van der Waals surface area contributed by atoms with E-state index in [1.165, 1.54) is 9.58 Å². The first-order chi connectivity index (χ1) is 17.8. The Hall–Kier alpha value is -3.28. The van der Waals surface area contributed by atoms with Crippen LogP contribution in [0.25, 0.3) is 0 Å². The zero-order chi connectivity index (χ0) is 27.7. The highest BCUT2D eigenvalue weighted by atomic mass is 35.5. The van der Waals surface area contributed by atoms with Gasteiger partial charge in [-0.05, 0) is 54.7 Å². The Bertz CT molecular complexity index is 1270. The molecule has 0 unspecified atom stereocenters. The quantitative estimate of drug-likeness (QED) is 0.334. The van der Waals surface area contributed by atoms with Crippen molar-refractivity contribution in [3.05, 3.63) is 75.4 Å². The van der Waals surface area contributed by atoms with Gasteiger partial charge in [-0.1, -0.05) is 35.0 Å². The summed E-state index contributed by atoms with van der Waals surface area (Å²) < 4.78 is 81.5. The minimum absolute atomic E-state index is 0.0375. The molecule has 0 atom stereocenters. The zero-order valence-electron chi connectivity index (χ0n) is 20.3. The van der Waals surface area contributed by atoms with Crippen molar-refractivity contribution in [1.29, 1.82) is 0 Å². The summed E-state index contributed by atoms with van der Waals surface area (Å²) in [5.74, 6) is -0.247. The molecule has 1 aliphatic heterocycles. The van der Waals surface area contributed by atoms with Gasteiger partial charge in [0.2, 0.25) is 0 Å². The van der Waals surface area contributed by atoms with E-state index < -0.39 is 35.9 Å². The molecule has 0 spiro atoms. The van der Waals surface area contributed by atoms with Gasteiger partial charge < -0.3 is 9.80 Å². The molecule has 0 bridgehead atoms. The molecule has 2 aromatic carbocycles. The van der Waals surface area contributed by atoms with Crippen molar-refractivity contribution in [2.75, 3.05) is 25.0 Å². The maximum absolute atomic E-state index is 13.4. The highest BCUT2D eigenvalue weighted by Crippen LogP contribution is 2.37. The molecule has 4 rings (SSSR count). The van der Waals surface area contributed by atoms with Crippen LogP contribution in [0.5, 0.6) is 0 Å². The number of rotatable bonds is 6. The van der Waals surface area contributed by atoms with Crippen LogP contribution in [0.1, 0.15) is 52.0 Å². The Morgan fingerprint density at radius 2 is 1.58 bits per heavy atom. The lowest BCUT2D eigenvalue weighted by Gasteiger charge is -2.30. The maximum atomic E-state index is 13.4. The lowest BCUT2D eigenvalue weighted by atomic mass is 10.0. The van der Waals surface area contributed by atoms with Gasteiger partial charge in [-0.2, -0.15) is 26.3 Å². The number of amides is 1. The molecule has 3 aromatic rings. The Morgan fingerprint density at radius 1 is 0.974 bits per heavy atom. The average molecular weight is 560 g/mol. The topological polar surface area (TPSA) is 54.3 Å². The number of nitrogens with zero attached hydrogens (tertiary/aromatic N) is 5. The lowest BCUT2D eigenvalue weighted by molar-refractivity contribution is -0.143. The van der Waals surface area contributed by atoms with E-state index in [1.54, 1.807) is 31.3 Å². The molecule has 1 aromatic heterocycles. The van der Waals surface area contributed by atoms with Crippen molar-refractivity contribution in [3.63, 3.8) is 0 Å². The Morgan fingerprint density at radius 3 is 2.16 bits per heavy atom. The van der Waals surface area contributed by atoms with Crippen molar-refractivity contribution >= 4 is 23.3 Å². The number of benzene rings is 2. The average Bonchev–Trinajstić information content (AvgIpc) is 3.27. The smallest absolute Gasteiger partial charge is 0.355 e. The molecule has 1 aliphatic rings. The maximum Gasteiger partial charge on any atom is 0.416 e. The van der Waals surface area contributed by atoms with Crippen LogP contribution in [0.15, 0.2) is 42.5 Å². The monoisotopic (exact) mass is 559 g/mol. The van der Waals surface area contributed by atoms with Crippen LogP contribution in [0.4, 0.5) is 32.2 Å². The molecule has 6 nitrogen and oxygen atoms in total. The van der Waals surface area contributed by atoms with Gasteiger partial charge in [0.05, 0.1) is 17.7 Å². The largest absolute Gasteiger partial charge is 0.416 e. The highest BCUT2D eigenvalue weighted by Gasteiger charge is 2.37. The highest BCUT2D eigenvalue weighted by molar-refractivity contribution is 6.31. The second kappa shape index (κ2) is 10.8. The van der Waals surface area contributed by atoms with Gasteiger partial charge in [-0.15, -0.1) is 5.10 Å². The van der Waals surface area contributed by atoms with E-state index in [0.717, 1.165) is 19.3 Å². The van der Waals surface area contributed by atoms with Crippen LogP contribution in [-0.2, 0) is 25.4 Å². The number of halogens is 7. The summed E-state index contributed by atoms with van der Waals surface area (Å²) >= 11 is 6.22. The first-order valence-electron chi connectivity index (χ1n) is 11.8. The van der Waals surface area contributed by atoms with Gasteiger partial charge in [0, 0.05) is 31.7 Å². The number of alkyl halides is 6. The van der Waals surface area contributed by atoms with Crippen molar-refractivity contribution < 1.29 is 31.1 Å². The van der Waals surface area contributed by atoms with Gasteiger partial charge in [-0.25, -0.2) is 4.68 Å². The normalized spacial score (nSPS) is 14.6. The molecule has 1 fully saturated rings. The van der Waals surface area contributed by atoms with Crippen LogP contribution >= 0.6 is 11.6 Å². The lowest BCUT2D eigenvalue weighted by Crippen LogP contribution is -2.35. The molecule has 0 aliphatic carbocycles. The number of carbonyl (C=O) groups excluding carboxylic acids is 1. The van der Waals surface area contributed by atoms with Crippen LogP contribution in [-0.4, -0.2) is 45.9 Å². The van der Waals surface area contributed by atoms with Gasteiger partial charge in [0.25, 0.3) is 5.91 Å². The summed E-state index contributed by atoms with van der Waals surface area (Å²) in [6.45, 7) is 0.803. The number of anilines is 1. The fraction of sp³-hybridized carbons (Fsp3) is 0.400. The third-order valence-electron chi connectivity index (χ3n) is 6.26. The third kappa shape index (κ3) is 6.23. The number of piperidine rings is 1. The predicted molar refractivity (Wildman–Crippen MR) is 129 cm³/mol. The molecule has 0 radical (unpaired) electrons. The Labute approximate surface area is 219 Å². The molecule has 13 heteroatoms. The van der Waals surface area contributed by atoms with Gasteiger partial charge in [-0.3, -0.25) is 4.79 Å². The van der Waals surface area contributed by atoms with E-state index in [2.05, 4.69) is 10.3 Å². The summed E-state index contributed by atoms with van der Waals surface area (Å²) in [7, 11) is 1.55. The van der Waals surface area contributed by atoms with Gasteiger partial charge in [0.15, 0.2) is 11.5 Å². The van der Waals surface area contributed by atoms with E-state index >= 15 is 0 Å². The molecule has 2 heterocycles.